The van der Waals surface area contributed by atoms with Gasteiger partial charge in [0.2, 0.25) is 0 Å². The molecule has 1 aromatic carbocycles. The molecule has 1 aromatic heterocycles. The number of nitrogens with one attached hydrogen (secondary N) is 1. The largest absolute Gasteiger partial charge is 0.368 e. The van der Waals surface area contributed by atoms with Crippen LogP contribution in [0.4, 0.5) is 10.8 Å². The SMILES string of the molecule is CNCc1ccc(Br)cc1N1CCN(c2nccs2)CC1. The molecule has 1 N–H and O–H groups in total. The molecule has 4 nitrogen and oxygen atoms in total. The first-order valence-electron chi connectivity index (χ1n) is 7.10. The highest BCUT2D eigenvalue weighted by Crippen LogP contribution is 2.27. The van der Waals surface area contributed by atoms with E-state index in [9.17, 15) is 0 Å². The maximum absolute atomic E-state index is 4.41. The molecule has 0 atom stereocenters. The van der Waals surface area contributed by atoms with Crippen LogP contribution in [0, 0.1) is 0 Å². The summed E-state index contributed by atoms with van der Waals surface area (Å²) in [5.41, 5.74) is 2.68. The van der Waals surface area contributed by atoms with E-state index in [1.165, 1.54) is 11.3 Å². The van der Waals surface area contributed by atoms with Gasteiger partial charge in [-0.2, -0.15) is 0 Å². The first-order chi connectivity index (χ1) is 10.3. The molecule has 0 amide bonds. The molecule has 1 fully saturated rings. The van der Waals surface area contributed by atoms with Crippen molar-refractivity contribution in [3.63, 3.8) is 0 Å². The lowest BCUT2D eigenvalue weighted by atomic mass is 10.1. The zero-order chi connectivity index (χ0) is 14.7. The summed E-state index contributed by atoms with van der Waals surface area (Å²) in [5, 5.41) is 6.43. The molecule has 0 spiro atoms. The van der Waals surface area contributed by atoms with Gasteiger partial charge in [-0.15, -0.1) is 11.3 Å². The summed E-state index contributed by atoms with van der Waals surface area (Å²) < 4.78 is 1.14. The van der Waals surface area contributed by atoms with E-state index in [1.54, 1.807) is 11.3 Å². The van der Waals surface area contributed by atoms with Crippen LogP contribution >= 0.6 is 27.3 Å². The van der Waals surface area contributed by atoms with E-state index >= 15 is 0 Å². The number of halogens is 1. The van der Waals surface area contributed by atoms with Crippen molar-refractivity contribution in [3.8, 4) is 0 Å². The molecular formula is C15H19BrN4S. The number of aromatic nitrogens is 1. The fourth-order valence-corrected chi connectivity index (χ4v) is 3.73. The van der Waals surface area contributed by atoms with E-state index in [-0.39, 0.29) is 0 Å². The Morgan fingerprint density at radius 1 is 1.24 bits per heavy atom. The maximum Gasteiger partial charge on any atom is 0.185 e. The Morgan fingerprint density at radius 2 is 2.00 bits per heavy atom. The van der Waals surface area contributed by atoms with Gasteiger partial charge in [0.05, 0.1) is 0 Å². The predicted octanol–water partition coefficient (Wildman–Crippen LogP) is 2.95. The molecule has 0 aliphatic carbocycles. The van der Waals surface area contributed by atoms with Crippen molar-refractivity contribution in [3.05, 3.63) is 39.8 Å². The average Bonchev–Trinajstić information content (AvgIpc) is 3.04. The molecule has 21 heavy (non-hydrogen) atoms. The van der Waals surface area contributed by atoms with Gasteiger partial charge in [-0.25, -0.2) is 4.98 Å². The van der Waals surface area contributed by atoms with Crippen molar-refractivity contribution < 1.29 is 0 Å². The summed E-state index contributed by atoms with van der Waals surface area (Å²) in [4.78, 5) is 9.25. The van der Waals surface area contributed by atoms with Crippen molar-refractivity contribution in [2.45, 2.75) is 6.54 Å². The first-order valence-corrected chi connectivity index (χ1v) is 8.77. The number of nitrogens with zero attached hydrogens (tertiary/aromatic N) is 3. The molecule has 0 bridgehead atoms. The van der Waals surface area contributed by atoms with Crippen LogP contribution in [0.5, 0.6) is 0 Å². The Hall–Kier alpha value is -1.11. The summed E-state index contributed by atoms with van der Waals surface area (Å²) >= 11 is 5.31. The Labute approximate surface area is 137 Å². The van der Waals surface area contributed by atoms with Crippen LogP contribution in [0.25, 0.3) is 0 Å². The van der Waals surface area contributed by atoms with E-state index in [1.807, 2.05) is 18.6 Å². The third kappa shape index (κ3) is 3.39. The molecular weight excluding hydrogens is 348 g/mol. The van der Waals surface area contributed by atoms with Crippen molar-refractivity contribution >= 4 is 38.1 Å². The van der Waals surface area contributed by atoms with E-state index < -0.39 is 0 Å². The zero-order valence-electron chi connectivity index (χ0n) is 12.1. The lowest BCUT2D eigenvalue weighted by Gasteiger charge is -2.37. The van der Waals surface area contributed by atoms with Crippen LogP contribution in [0.15, 0.2) is 34.2 Å². The Balaban J connectivity index is 1.73. The van der Waals surface area contributed by atoms with Crippen LogP contribution in [0.1, 0.15) is 5.56 Å². The van der Waals surface area contributed by atoms with Crippen LogP contribution in [0.3, 0.4) is 0 Å². The smallest absolute Gasteiger partial charge is 0.185 e. The fourth-order valence-electron chi connectivity index (χ4n) is 2.68. The van der Waals surface area contributed by atoms with E-state index in [0.717, 1.165) is 42.3 Å². The number of hydrogen-bond acceptors (Lipinski definition) is 5. The summed E-state index contributed by atoms with van der Waals surface area (Å²) in [6, 6.07) is 6.54. The topological polar surface area (TPSA) is 31.4 Å². The van der Waals surface area contributed by atoms with Gasteiger partial charge in [0.1, 0.15) is 0 Å². The van der Waals surface area contributed by atoms with Gasteiger partial charge in [0, 0.05) is 54.5 Å². The predicted molar refractivity (Wildman–Crippen MR) is 93.4 cm³/mol. The number of anilines is 2. The molecule has 0 radical (unpaired) electrons. The number of benzene rings is 1. The Bertz CT molecular complexity index is 579. The zero-order valence-corrected chi connectivity index (χ0v) is 14.5. The minimum Gasteiger partial charge on any atom is -0.368 e. The Kier molecular flexibility index (Phi) is 4.77. The van der Waals surface area contributed by atoms with Crippen molar-refractivity contribution in [2.24, 2.45) is 0 Å². The van der Waals surface area contributed by atoms with Crippen LogP contribution in [-0.4, -0.2) is 38.2 Å². The molecule has 0 unspecified atom stereocenters. The molecule has 0 saturated carbocycles. The second-order valence-electron chi connectivity index (χ2n) is 5.09. The molecule has 1 saturated heterocycles. The van der Waals surface area contributed by atoms with Crippen LogP contribution in [0.2, 0.25) is 0 Å². The number of thiazole rings is 1. The lowest BCUT2D eigenvalue weighted by molar-refractivity contribution is 0.648. The molecule has 1 aliphatic heterocycles. The summed E-state index contributed by atoms with van der Waals surface area (Å²) in [5.74, 6) is 0. The minimum absolute atomic E-state index is 0.898. The normalized spacial score (nSPS) is 15.5. The maximum atomic E-state index is 4.41. The van der Waals surface area contributed by atoms with Crippen molar-refractivity contribution in [1.29, 1.82) is 0 Å². The van der Waals surface area contributed by atoms with E-state index in [4.69, 9.17) is 0 Å². The van der Waals surface area contributed by atoms with Gasteiger partial charge in [-0.1, -0.05) is 22.0 Å². The van der Waals surface area contributed by atoms with Crippen molar-refractivity contribution in [2.75, 3.05) is 43.0 Å². The van der Waals surface area contributed by atoms with Gasteiger partial charge < -0.3 is 15.1 Å². The van der Waals surface area contributed by atoms with Gasteiger partial charge >= 0.3 is 0 Å². The highest BCUT2D eigenvalue weighted by Gasteiger charge is 2.20. The third-order valence-electron chi connectivity index (χ3n) is 3.72. The third-order valence-corrected chi connectivity index (χ3v) is 5.05. The van der Waals surface area contributed by atoms with E-state index in [2.05, 4.69) is 54.2 Å². The minimum atomic E-state index is 0.898. The number of piperazine rings is 1. The van der Waals surface area contributed by atoms with Crippen molar-refractivity contribution in [1.82, 2.24) is 10.3 Å². The summed E-state index contributed by atoms with van der Waals surface area (Å²) in [6.45, 7) is 5.02. The van der Waals surface area contributed by atoms with E-state index in [0.29, 0.717) is 0 Å². The molecule has 3 rings (SSSR count). The second-order valence-corrected chi connectivity index (χ2v) is 6.88. The van der Waals surface area contributed by atoms with Gasteiger partial charge in [-0.3, -0.25) is 0 Å². The Morgan fingerprint density at radius 3 is 2.67 bits per heavy atom. The fraction of sp³-hybridized carbons (Fsp3) is 0.400. The first kappa shape index (κ1) is 14.8. The molecule has 112 valence electrons. The summed E-state index contributed by atoms with van der Waals surface area (Å²) in [7, 11) is 1.99. The highest BCUT2D eigenvalue weighted by molar-refractivity contribution is 9.10. The van der Waals surface area contributed by atoms with Gasteiger partial charge in [-0.05, 0) is 24.7 Å². The summed E-state index contributed by atoms with van der Waals surface area (Å²) in [6.07, 6.45) is 1.88. The van der Waals surface area contributed by atoms with Gasteiger partial charge in [0.25, 0.3) is 0 Å². The molecule has 1 aliphatic rings. The van der Waals surface area contributed by atoms with Crippen LogP contribution < -0.4 is 15.1 Å². The molecule has 6 heteroatoms. The number of hydrogen-bond donors (Lipinski definition) is 1. The lowest BCUT2D eigenvalue weighted by Crippen LogP contribution is -2.46. The standard InChI is InChI=1S/C15H19BrN4S/c1-17-11-12-2-3-13(16)10-14(12)19-5-7-20(8-6-19)15-18-4-9-21-15/h2-4,9-10,17H,5-8,11H2,1H3. The second kappa shape index (κ2) is 6.77. The molecule has 2 aromatic rings. The van der Waals surface area contributed by atoms with Crippen LogP contribution in [-0.2, 0) is 6.54 Å². The quantitative estimate of drug-likeness (QED) is 0.901. The average molecular weight is 367 g/mol. The number of rotatable bonds is 4. The highest BCUT2D eigenvalue weighted by atomic mass is 79.9. The molecule has 2 heterocycles. The monoisotopic (exact) mass is 366 g/mol. The van der Waals surface area contributed by atoms with Gasteiger partial charge in [0.15, 0.2) is 5.13 Å².